The van der Waals surface area contributed by atoms with Gasteiger partial charge in [-0.1, -0.05) is 60.7 Å². The topological polar surface area (TPSA) is 34.5 Å². The Bertz CT molecular complexity index is 1100. The summed E-state index contributed by atoms with van der Waals surface area (Å²) in [5.41, 5.74) is 4.06. The van der Waals surface area contributed by atoms with Crippen LogP contribution in [0.5, 0.6) is 0 Å². The normalized spacial score (nSPS) is 16.8. The molecule has 4 aromatic rings. The van der Waals surface area contributed by atoms with Crippen LogP contribution in [0.3, 0.4) is 0 Å². The van der Waals surface area contributed by atoms with Gasteiger partial charge in [0.15, 0.2) is 0 Å². The van der Waals surface area contributed by atoms with Crippen LogP contribution in [0.25, 0.3) is 21.8 Å². The third-order valence-corrected chi connectivity index (χ3v) is 4.61. The molecular weight excluding hydrogens is 308 g/mol. The number of hydrogen-bond donors (Lipinski definition) is 0. The molecule has 0 bridgehead atoms. The fourth-order valence-electron chi connectivity index (χ4n) is 3.34. The first-order valence-corrected chi connectivity index (χ1v) is 8.43. The highest BCUT2D eigenvalue weighted by Crippen LogP contribution is 2.28. The Balaban J connectivity index is 1.64. The van der Waals surface area contributed by atoms with Crippen molar-refractivity contribution in [1.29, 1.82) is 0 Å². The Labute approximate surface area is 145 Å². The number of pyridine rings is 1. The number of para-hydroxylation sites is 2. The van der Waals surface area contributed by atoms with Crippen LogP contribution < -0.4 is 0 Å². The largest absolute Gasteiger partial charge is 0.475 e. The molecule has 0 amide bonds. The molecule has 0 N–H and O–H groups in total. The van der Waals surface area contributed by atoms with E-state index in [-0.39, 0.29) is 6.04 Å². The van der Waals surface area contributed by atoms with Crippen molar-refractivity contribution >= 4 is 27.7 Å². The van der Waals surface area contributed by atoms with E-state index in [0.717, 1.165) is 27.4 Å². The van der Waals surface area contributed by atoms with E-state index in [1.165, 1.54) is 5.56 Å². The molecule has 1 aliphatic heterocycles. The summed E-state index contributed by atoms with van der Waals surface area (Å²) in [6.45, 7) is 0.573. The highest BCUT2D eigenvalue weighted by atomic mass is 16.5. The maximum atomic E-state index is 5.94. The van der Waals surface area contributed by atoms with E-state index in [1.807, 2.05) is 48.5 Å². The molecule has 1 aliphatic rings. The van der Waals surface area contributed by atoms with Crippen molar-refractivity contribution in [2.24, 2.45) is 4.99 Å². The van der Waals surface area contributed by atoms with Gasteiger partial charge < -0.3 is 4.74 Å². The van der Waals surface area contributed by atoms with Gasteiger partial charge in [-0.3, -0.25) is 0 Å². The molecule has 5 rings (SSSR count). The van der Waals surface area contributed by atoms with Crippen molar-refractivity contribution < 1.29 is 4.74 Å². The van der Waals surface area contributed by atoms with Crippen LogP contribution in [0, 0.1) is 0 Å². The zero-order valence-corrected chi connectivity index (χ0v) is 13.6. The van der Waals surface area contributed by atoms with E-state index >= 15 is 0 Å². The molecule has 3 heteroatoms. The molecule has 0 fully saturated rings. The molecule has 120 valence electrons. The molecule has 1 atom stereocenters. The van der Waals surface area contributed by atoms with Gasteiger partial charge >= 0.3 is 0 Å². The number of fused-ring (bicyclic) bond motifs is 2. The average molecular weight is 324 g/mol. The van der Waals surface area contributed by atoms with E-state index in [1.54, 1.807) is 0 Å². The van der Waals surface area contributed by atoms with Gasteiger partial charge in [-0.2, -0.15) is 0 Å². The first-order valence-electron chi connectivity index (χ1n) is 8.43. The Hall–Kier alpha value is -3.20. The van der Waals surface area contributed by atoms with E-state index in [9.17, 15) is 0 Å². The van der Waals surface area contributed by atoms with Crippen LogP contribution in [0.2, 0.25) is 0 Å². The van der Waals surface area contributed by atoms with Crippen LogP contribution in [-0.2, 0) is 4.74 Å². The lowest BCUT2D eigenvalue weighted by molar-refractivity contribution is 0.320. The van der Waals surface area contributed by atoms with E-state index < -0.39 is 0 Å². The number of rotatable bonds is 2. The van der Waals surface area contributed by atoms with Crippen LogP contribution in [0.4, 0.5) is 0 Å². The van der Waals surface area contributed by atoms with Crippen molar-refractivity contribution in [2.75, 3.05) is 6.61 Å². The second-order valence-corrected chi connectivity index (χ2v) is 6.23. The standard InChI is InChI=1S/C22H16N2O/c1-2-7-15(8-3-1)20-14-25-22(24-20)18-11-6-10-17-13-16-9-4-5-12-19(16)23-21(17)18/h1-13,20H,14H2/t20-/m0/s1. The smallest absolute Gasteiger partial charge is 0.219 e. The second-order valence-electron chi connectivity index (χ2n) is 6.23. The minimum absolute atomic E-state index is 0.0481. The molecule has 1 aromatic heterocycles. The van der Waals surface area contributed by atoms with Crippen molar-refractivity contribution in [2.45, 2.75) is 6.04 Å². The fraction of sp³-hybridized carbons (Fsp3) is 0.0909. The van der Waals surface area contributed by atoms with Gasteiger partial charge in [0.05, 0.1) is 16.6 Å². The van der Waals surface area contributed by atoms with Gasteiger partial charge in [0.25, 0.3) is 0 Å². The van der Waals surface area contributed by atoms with Crippen molar-refractivity contribution in [3.05, 3.63) is 90.0 Å². The molecule has 2 heterocycles. The van der Waals surface area contributed by atoms with Gasteiger partial charge in [0, 0.05) is 10.8 Å². The third kappa shape index (κ3) is 2.45. The monoisotopic (exact) mass is 324 g/mol. The Kier molecular flexibility index (Phi) is 3.23. The van der Waals surface area contributed by atoms with Gasteiger partial charge in [-0.15, -0.1) is 0 Å². The number of hydrogen-bond acceptors (Lipinski definition) is 3. The molecule has 3 aromatic carbocycles. The minimum Gasteiger partial charge on any atom is -0.475 e. The summed E-state index contributed by atoms with van der Waals surface area (Å²) in [6, 6.07) is 26.8. The zero-order chi connectivity index (χ0) is 16.6. The third-order valence-electron chi connectivity index (χ3n) is 4.61. The molecule has 0 radical (unpaired) electrons. The number of benzene rings is 3. The predicted octanol–water partition coefficient (Wildman–Crippen LogP) is 4.91. The molecule has 0 saturated heterocycles. The summed E-state index contributed by atoms with van der Waals surface area (Å²) < 4.78 is 5.94. The summed E-state index contributed by atoms with van der Waals surface area (Å²) in [5, 5.41) is 2.24. The number of aliphatic imine (C=N–C) groups is 1. The highest BCUT2D eigenvalue weighted by Gasteiger charge is 2.23. The van der Waals surface area contributed by atoms with Crippen LogP contribution in [-0.4, -0.2) is 17.5 Å². The average Bonchev–Trinajstić information content (AvgIpc) is 3.16. The number of nitrogens with zero attached hydrogens (tertiary/aromatic N) is 2. The molecule has 0 spiro atoms. The first kappa shape index (κ1) is 14.2. The Morgan fingerprint density at radius 3 is 2.52 bits per heavy atom. The maximum Gasteiger partial charge on any atom is 0.219 e. The lowest BCUT2D eigenvalue weighted by Gasteiger charge is -2.07. The summed E-state index contributed by atoms with van der Waals surface area (Å²) in [6.07, 6.45) is 0. The summed E-state index contributed by atoms with van der Waals surface area (Å²) in [5.74, 6) is 0.683. The zero-order valence-electron chi connectivity index (χ0n) is 13.6. The Morgan fingerprint density at radius 1 is 0.800 bits per heavy atom. The van der Waals surface area contributed by atoms with Gasteiger partial charge in [0.2, 0.25) is 5.90 Å². The lowest BCUT2D eigenvalue weighted by Crippen LogP contribution is -2.03. The van der Waals surface area contributed by atoms with Crippen LogP contribution in [0.15, 0.2) is 83.9 Å². The molecular formula is C22H16N2O. The van der Waals surface area contributed by atoms with Crippen molar-refractivity contribution in [3.8, 4) is 0 Å². The molecule has 25 heavy (non-hydrogen) atoms. The summed E-state index contributed by atoms with van der Waals surface area (Å²) in [4.78, 5) is 9.67. The quantitative estimate of drug-likeness (QED) is 0.491. The summed E-state index contributed by atoms with van der Waals surface area (Å²) >= 11 is 0. The molecule has 0 saturated carbocycles. The van der Waals surface area contributed by atoms with Crippen LogP contribution >= 0.6 is 0 Å². The summed E-state index contributed by atoms with van der Waals surface area (Å²) in [7, 11) is 0. The van der Waals surface area contributed by atoms with Gasteiger partial charge in [0.1, 0.15) is 12.6 Å². The van der Waals surface area contributed by atoms with Gasteiger partial charge in [-0.05, 0) is 23.8 Å². The number of aromatic nitrogens is 1. The van der Waals surface area contributed by atoms with E-state index in [0.29, 0.717) is 12.5 Å². The minimum atomic E-state index is 0.0481. The second kappa shape index (κ2) is 5.71. The predicted molar refractivity (Wildman–Crippen MR) is 101 cm³/mol. The molecule has 3 nitrogen and oxygen atoms in total. The van der Waals surface area contributed by atoms with Crippen molar-refractivity contribution in [1.82, 2.24) is 4.98 Å². The van der Waals surface area contributed by atoms with Crippen LogP contribution in [0.1, 0.15) is 17.2 Å². The van der Waals surface area contributed by atoms with E-state index in [2.05, 4.69) is 30.3 Å². The van der Waals surface area contributed by atoms with Crippen molar-refractivity contribution in [3.63, 3.8) is 0 Å². The molecule has 0 unspecified atom stereocenters. The Morgan fingerprint density at radius 2 is 1.60 bits per heavy atom. The fourth-order valence-corrected chi connectivity index (χ4v) is 3.34. The van der Waals surface area contributed by atoms with E-state index in [4.69, 9.17) is 14.7 Å². The maximum absolute atomic E-state index is 5.94. The highest BCUT2D eigenvalue weighted by molar-refractivity contribution is 6.08. The SMILES string of the molecule is c1ccc([C@@H]2COC(c3cccc4cc5ccccc5nc34)=N2)cc1. The van der Waals surface area contributed by atoms with Gasteiger partial charge in [-0.25, -0.2) is 9.98 Å². The molecule has 0 aliphatic carbocycles. The first-order chi connectivity index (χ1) is 12.4. The lowest BCUT2D eigenvalue weighted by atomic mass is 10.1. The number of ether oxygens (including phenoxy) is 1.